The lowest BCUT2D eigenvalue weighted by atomic mass is 9.72. The van der Waals surface area contributed by atoms with Gasteiger partial charge in [0.15, 0.2) is 5.78 Å². The minimum absolute atomic E-state index is 0.00419. The molecule has 2 aliphatic rings. The first-order valence-corrected chi connectivity index (χ1v) is 14.0. The molecular formula is C27H22F4N6O3S. The summed E-state index contributed by atoms with van der Waals surface area (Å²) in [6.07, 6.45) is 2.40. The van der Waals surface area contributed by atoms with E-state index in [4.69, 9.17) is 0 Å². The Morgan fingerprint density at radius 1 is 1.07 bits per heavy atom. The van der Waals surface area contributed by atoms with Crippen molar-refractivity contribution in [1.29, 1.82) is 0 Å². The average Bonchev–Trinajstić information content (AvgIpc) is 3.58. The summed E-state index contributed by atoms with van der Waals surface area (Å²) in [7, 11) is -2.37. The highest BCUT2D eigenvalue weighted by atomic mass is 32.2. The summed E-state index contributed by atoms with van der Waals surface area (Å²) in [5, 5.41) is 8.36. The van der Waals surface area contributed by atoms with Crippen LogP contribution in [-0.2, 0) is 23.2 Å². The van der Waals surface area contributed by atoms with E-state index in [9.17, 15) is 30.8 Å². The van der Waals surface area contributed by atoms with E-state index in [1.54, 1.807) is 7.05 Å². The predicted molar refractivity (Wildman–Crippen MR) is 138 cm³/mol. The summed E-state index contributed by atoms with van der Waals surface area (Å²) in [6, 6.07) is 7.04. The van der Waals surface area contributed by atoms with Crippen molar-refractivity contribution in [2.24, 2.45) is 13.0 Å². The van der Waals surface area contributed by atoms with Gasteiger partial charge < -0.3 is 0 Å². The zero-order chi connectivity index (χ0) is 29.1. The van der Waals surface area contributed by atoms with Gasteiger partial charge in [-0.05, 0) is 48.9 Å². The van der Waals surface area contributed by atoms with Gasteiger partial charge in [0, 0.05) is 44.0 Å². The molecule has 1 fully saturated rings. The standard InChI is InChI=1S/C27H22F4N6O3S/c1-35-14-20(12-33-35)41(39,40)36-9-7-16-10-24-21(13-34-37(24)19-4-2-18(28)3-5-19)25(22(16)15-36)26(38)23-11-17(6-8-32-23)27(29,30)31/h2-6,8,10-14,22,25H,7,9,15H2,1H3/t22-,25-/m0/s1. The summed E-state index contributed by atoms with van der Waals surface area (Å²) >= 11 is 0. The summed E-state index contributed by atoms with van der Waals surface area (Å²) in [6.45, 7) is 0.0435. The molecule has 1 aromatic carbocycles. The molecule has 14 heteroatoms. The van der Waals surface area contributed by atoms with Crippen molar-refractivity contribution in [1.82, 2.24) is 28.9 Å². The summed E-state index contributed by atoms with van der Waals surface area (Å²) in [5.74, 6) is -2.88. The monoisotopic (exact) mass is 586 g/mol. The van der Waals surface area contributed by atoms with Crippen LogP contribution >= 0.6 is 0 Å². The van der Waals surface area contributed by atoms with E-state index in [0.717, 1.165) is 17.8 Å². The Morgan fingerprint density at radius 2 is 1.83 bits per heavy atom. The fourth-order valence-corrected chi connectivity index (χ4v) is 6.88. The Morgan fingerprint density at radius 3 is 2.51 bits per heavy atom. The van der Waals surface area contributed by atoms with Gasteiger partial charge in [-0.1, -0.05) is 5.57 Å². The highest BCUT2D eigenvalue weighted by Gasteiger charge is 2.45. The maximum atomic E-state index is 14.0. The zero-order valence-corrected chi connectivity index (χ0v) is 22.3. The molecule has 2 atom stereocenters. The minimum atomic E-state index is -4.69. The number of fused-ring (bicyclic) bond motifs is 2. The van der Waals surface area contributed by atoms with Crippen LogP contribution in [0, 0.1) is 11.7 Å². The molecule has 0 unspecified atom stereocenters. The molecule has 9 nitrogen and oxygen atoms in total. The van der Waals surface area contributed by atoms with Crippen LogP contribution < -0.4 is 0 Å². The van der Waals surface area contributed by atoms with Crippen molar-refractivity contribution in [2.75, 3.05) is 13.1 Å². The van der Waals surface area contributed by atoms with E-state index in [1.807, 2.05) is 6.08 Å². The minimum Gasteiger partial charge on any atom is -0.292 e. The number of carbonyl (C=O) groups is 1. The fraction of sp³-hybridized carbons (Fsp3) is 0.259. The second kappa shape index (κ2) is 9.73. The second-order valence-electron chi connectivity index (χ2n) is 9.93. The Labute approximate surface area is 231 Å². The van der Waals surface area contributed by atoms with E-state index in [0.29, 0.717) is 23.0 Å². The van der Waals surface area contributed by atoms with Gasteiger partial charge in [-0.3, -0.25) is 14.5 Å². The molecule has 212 valence electrons. The number of carbonyl (C=O) groups excluding carboxylic acids is 1. The van der Waals surface area contributed by atoms with Crippen LogP contribution in [-0.4, -0.2) is 56.1 Å². The Bertz CT molecular complexity index is 1790. The number of hydrogen-bond donors (Lipinski definition) is 0. The number of alkyl halides is 3. The Kier molecular flexibility index (Phi) is 6.41. The number of pyridine rings is 1. The van der Waals surface area contributed by atoms with Crippen molar-refractivity contribution >= 4 is 21.9 Å². The van der Waals surface area contributed by atoms with Crippen molar-refractivity contribution < 1.29 is 30.8 Å². The number of nitrogens with zero attached hydrogens (tertiary/aromatic N) is 6. The first-order chi connectivity index (χ1) is 19.4. The number of aromatic nitrogens is 5. The van der Waals surface area contributed by atoms with Gasteiger partial charge in [0.2, 0.25) is 10.0 Å². The number of halogens is 4. The van der Waals surface area contributed by atoms with Gasteiger partial charge in [0.05, 0.1) is 35.3 Å². The summed E-state index contributed by atoms with van der Waals surface area (Å²) in [4.78, 5) is 17.9. The molecule has 0 saturated carbocycles. The largest absolute Gasteiger partial charge is 0.416 e. The van der Waals surface area contributed by atoms with Gasteiger partial charge >= 0.3 is 6.18 Å². The van der Waals surface area contributed by atoms with Crippen LogP contribution in [0.15, 0.2) is 71.7 Å². The fourth-order valence-electron chi connectivity index (χ4n) is 5.43. The second-order valence-corrected chi connectivity index (χ2v) is 11.9. The van der Waals surface area contributed by atoms with Gasteiger partial charge in [-0.2, -0.15) is 27.7 Å². The third kappa shape index (κ3) is 4.76. The molecule has 6 rings (SSSR count). The lowest BCUT2D eigenvalue weighted by molar-refractivity contribution is -0.137. The first kappa shape index (κ1) is 27.0. The molecule has 0 N–H and O–H groups in total. The number of hydrogen-bond acceptors (Lipinski definition) is 6. The van der Waals surface area contributed by atoms with Gasteiger partial charge in [-0.25, -0.2) is 17.5 Å². The van der Waals surface area contributed by atoms with Crippen LogP contribution in [0.1, 0.15) is 39.6 Å². The van der Waals surface area contributed by atoms with Gasteiger partial charge in [0.1, 0.15) is 16.4 Å². The molecule has 1 aliphatic carbocycles. The number of Topliss-reactive ketones (excluding diaryl/α,β-unsaturated/α-hetero) is 1. The molecule has 0 spiro atoms. The molecular weight excluding hydrogens is 564 g/mol. The number of rotatable bonds is 5. The maximum absolute atomic E-state index is 14.0. The molecule has 0 bridgehead atoms. The van der Waals surface area contributed by atoms with Crippen LogP contribution in [0.4, 0.5) is 17.6 Å². The van der Waals surface area contributed by atoms with Gasteiger partial charge in [-0.15, -0.1) is 0 Å². The third-order valence-corrected chi connectivity index (χ3v) is 9.25. The molecule has 1 saturated heterocycles. The normalized spacial score (nSPS) is 19.4. The van der Waals surface area contributed by atoms with Crippen molar-refractivity contribution in [3.8, 4) is 5.69 Å². The topological polar surface area (TPSA) is 103 Å². The van der Waals surface area contributed by atoms with Gasteiger partial charge in [0.25, 0.3) is 0 Å². The van der Waals surface area contributed by atoms with Crippen LogP contribution in [0.25, 0.3) is 11.8 Å². The average molecular weight is 587 g/mol. The SMILES string of the molecule is Cn1cc(S(=O)(=O)N2CCC3=Cc4c(cnn4-c4ccc(F)cc4)[C@H](C(=O)c4cc(C(F)(F)F)ccn4)[C@H]3C2)cn1. The Hall–Kier alpha value is -4.17. The third-order valence-electron chi connectivity index (χ3n) is 7.43. The van der Waals surface area contributed by atoms with E-state index in [2.05, 4.69) is 15.2 Å². The lowest BCUT2D eigenvalue weighted by Crippen LogP contribution is -2.45. The molecule has 4 heterocycles. The van der Waals surface area contributed by atoms with Crippen LogP contribution in [0.2, 0.25) is 0 Å². The highest BCUT2D eigenvalue weighted by Crippen LogP contribution is 2.45. The quantitative estimate of drug-likeness (QED) is 0.256. The van der Waals surface area contributed by atoms with Crippen molar-refractivity contribution in [3.05, 3.63) is 95.1 Å². The number of benzene rings is 1. The summed E-state index contributed by atoms with van der Waals surface area (Å²) in [5.41, 5.74) is 0.782. The van der Waals surface area contributed by atoms with E-state index in [1.165, 1.54) is 56.5 Å². The summed E-state index contributed by atoms with van der Waals surface area (Å²) < 4.78 is 85.0. The molecule has 3 aromatic heterocycles. The van der Waals surface area contributed by atoms with Crippen LogP contribution in [0.3, 0.4) is 0 Å². The number of ketones is 1. The maximum Gasteiger partial charge on any atom is 0.416 e. The number of sulfonamides is 1. The van der Waals surface area contributed by atoms with E-state index in [-0.39, 0.29) is 24.4 Å². The number of aryl methyl sites for hydroxylation is 1. The molecule has 4 aromatic rings. The van der Waals surface area contributed by atoms with Crippen molar-refractivity contribution in [2.45, 2.75) is 23.4 Å². The van der Waals surface area contributed by atoms with E-state index < -0.39 is 50.9 Å². The molecule has 0 amide bonds. The van der Waals surface area contributed by atoms with Crippen LogP contribution in [0.5, 0.6) is 0 Å². The smallest absolute Gasteiger partial charge is 0.292 e. The molecule has 41 heavy (non-hydrogen) atoms. The predicted octanol–water partition coefficient (Wildman–Crippen LogP) is 4.23. The number of piperidine rings is 1. The first-order valence-electron chi connectivity index (χ1n) is 12.5. The van der Waals surface area contributed by atoms with E-state index >= 15 is 0 Å². The van der Waals surface area contributed by atoms with Crippen molar-refractivity contribution in [3.63, 3.8) is 0 Å². The molecule has 1 aliphatic heterocycles. The zero-order valence-electron chi connectivity index (χ0n) is 21.5. The molecule has 0 radical (unpaired) electrons. The lowest BCUT2D eigenvalue weighted by Gasteiger charge is -2.39. The Balaban J connectivity index is 1.45. The highest BCUT2D eigenvalue weighted by molar-refractivity contribution is 7.89.